The number of fused-ring (bicyclic) bond motifs is 2. The molecule has 2 aliphatic heterocycles. The van der Waals surface area contributed by atoms with Crippen molar-refractivity contribution in [2.24, 2.45) is 37.3 Å². The molecule has 1 unspecified atom stereocenters. The second kappa shape index (κ2) is 51.4. The number of carboxylic acid groups (broad SMARTS) is 1. The fourth-order valence-corrected chi connectivity index (χ4v) is 9.12. The van der Waals surface area contributed by atoms with Crippen molar-refractivity contribution in [2.45, 2.75) is 78.8 Å². The number of rotatable bonds is 32. The molecular weight excluding hydrogens is 1280 g/mol. The van der Waals surface area contributed by atoms with Crippen molar-refractivity contribution in [2.75, 3.05) is 112 Å². The normalized spacial score (nSPS) is 13.4. The van der Waals surface area contributed by atoms with E-state index in [1.165, 1.54) is 14.4 Å². The van der Waals surface area contributed by atoms with Gasteiger partial charge in [0.05, 0.1) is 12.9 Å². The number of ether oxygens (including phenoxy) is 8. The summed E-state index contributed by atoms with van der Waals surface area (Å²) >= 11 is 0. The van der Waals surface area contributed by atoms with Crippen LogP contribution in [0.5, 0.6) is 23.0 Å². The molecule has 42 heteroatoms. The summed E-state index contributed by atoms with van der Waals surface area (Å²) in [5.41, 5.74) is 12.2. The van der Waals surface area contributed by atoms with Gasteiger partial charge in [-0.15, -0.1) is 0 Å². The number of sulfonamides is 3. The van der Waals surface area contributed by atoms with Gasteiger partial charge in [-0.2, -0.15) is 4.31 Å². The van der Waals surface area contributed by atoms with Crippen molar-refractivity contribution < 1.29 is 121 Å². The SMILES string of the molecule is CCO.CCOC(=O)[C@@H](CN)N(Cc1ccc2c(c1)OCO2)S(C)(=O)=O.CCOC(=O)[C@@H](CN=CB=O)N(Cc1ccc2c(c1)OCO2)S(C)(=O)=O.CCOC(=O)[C@@H](CN=CB=O)NS(C)(=O)=O.CCOC(=O)[C@H](N)CN=CB=O.CO.COB=NCC(C)C(=O)O. The Morgan fingerprint density at radius 1 is 0.630 bits per heavy atom. The number of hydrogen-bond acceptors (Lipinski definition) is 31. The number of esters is 4. The molecule has 2 aromatic rings. The summed E-state index contributed by atoms with van der Waals surface area (Å²) < 4.78 is 150. The maximum atomic E-state index is 12.3. The van der Waals surface area contributed by atoms with Crippen LogP contribution in [0.2, 0.25) is 0 Å². The number of aliphatic hydroxyl groups excluding tert-OH is 2. The predicted octanol–water partition coefficient (Wildman–Crippen LogP) is -2.48. The third-order valence-electron chi connectivity index (χ3n) is 10.3. The second-order valence-corrected chi connectivity index (χ2v) is 23.2. The molecular formula is C50H83B4N9O26S3. The maximum absolute atomic E-state index is 12.3. The van der Waals surface area contributed by atoms with Gasteiger partial charge in [-0.3, -0.25) is 4.79 Å². The first-order valence-electron chi connectivity index (χ1n) is 27.4. The second-order valence-electron chi connectivity index (χ2n) is 17.5. The van der Waals surface area contributed by atoms with Crippen LogP contribution in [-0.2, 0) is 105 Å². The molecule has 0 fully saturated rings. The summed E-state index contributed by atoms with van der Waals surface area (Å²) in [6.45, 7) is 10.7. The van der Waals surface area contributed by atoms with Crippen molar-refractivity contribution in [1.82, 2.24) is 13.3 Å². The molecule has 2 heterocycles. The first-order valence-corrected chi connectivity index (χ1v) is 32.9. The standard InChI is InChI=1S/C15H19BN2O7S.C14H20N2O6S.C7H13BN2O5S.C6H11BN2O3.C5H10BNO3.C2H6O.CH4O/c1-3-23-15(19)12(7-17-9-16-20)18(26(2,21)22)8-11-4-5-13-14(6-11)25-10-24-13;1-3-20-14(17)11(7-15)16(23(2,18)19)8-10-4-5-12-13(6-10)22-9-21-12;1-3-15-7(11)6(4-9-5-8-12)10-16(2,13)14;1-2-12-6(10)5(8)3-9-4-7-11;1-4(5(8)9)3-7-6-10-2;1-2-3;1-2/h4-6,9,12H,3,7-8,10H2,1-2H3;4-6,11H,3,7-9,15H2,1-2H3;5-6,10H,3-4H2,1-2H3;4-5H,2-3,8H2,1H3;4H,3H2,1-2H3,(H,8,9);3H,2H2,1H3;2H,1H3/t12-;11-;6-;5-;;;/m1111.../s1. The van der Waals surface area contributed by atoms with Gasteiger partial charge in [-0.05, 0) is 31.5 Å². The van der Waals surface area contributed by atoms with E-state index in [0.717, 1.165) is 52.8 Å². The monoisotopic (exact) mass is 1370 g/mol. The number of aliphatic imine (C=N–C) groups is 3. The minimum absolute atomic E-state index is 0.0177. The molecule has 0 amide bonds. The summed E-state index contributed by atoms with van der Waals surface area (Å²) in [6.07, 6.45) is 5.91. The van der Waals surface area contributed by atoms with Crippen LogP contribution in [0.3, 0.4) is 0 Å². The van der Waals surface area contributed by atoms with Gasteiger partial charge in [0.2, 0.25) is 16.8 Å². The van der Waals surface area contributed by atoms with E-state index in [4.69, 9.17) is 55.2 Å². The van der Waals surface area contributed by atoms with Gasteiger partial charge >= 0.3 is 381 Å². The van der Waals surface area contributed by atoms with Crippen molar-refractivity contribution in [3.63, 3.8) is 0 Å². The van der Waals surface area contributed by atoms with E-state index in [1.807, 2.05) is 0 Å². The zero-order valence-corrected chi connectivity index (χ0v) is 55.5. The van der Waals surface area contributed by atoms with Crippen LogP contribution in [0.1, 0.15) is 52.7 Å². The Morgan fingerprint density at radius 3 is 1.39 bits per heavy atom. The molecule has 0 radical (unpaired) electrons. The summed E-state index contributed by atoms with van der Waals surface area (Å²) in [4.78, 5) is 71.2. The van der Waals surface area contributed by atoms with Gasteiger partial charge in [0.25, 0.3) is 0 Å². The van der Waals surface area contributed by atoms with E-state index in [9.17, 15) is 63.3 Å². The number of carbonyl (C=O) groups is 5. The summed E-state index contributed by atoms with van der Waals surface area (Å²) in [5.74, 6) is -1.70. The number of hydrogen-bond donors (Lipinski definition) is 6. The average molecular weight is 1370 g/mol. The molecule has 0 aliphatic carbocycles. The topological polar surface area (TPSA) is 503 Å². The molecule has 0 saturated carbocycles. The van der Waals surface area contributed by atoms with Gasteiger partial charge in [-0.1, -0.05) is 6.07 Å². The molecule has 4 rings (SSSR count). The molecule has 0 saturated heterocycles. The molecule has 5 atom stereocenters. The van der Waals surface area contributed by atoms with Crippen molar-refractivity contribution in [3.8, 4) is 23.0 Å². The zero-order valence-electron chi connectivity index (χ0n) is 53.1. The van der Waals surface area contributed by atoms with Gasteiger partial charge in [0.15, 0.2) is 11.5 Å². The van der Waals surface area contributed by atoms with Crippen molar-refractivity contribution >= 4 is 107 Å². The number of nitrogens with one attached hydrogen (secondary N) is 1. The summed E-state index contributed by atoms with van der Waals surface area (Å²) in [7, 11) is -5.88. The minimum atomic E-state index is -3.78. The molecule has 8 N–H and O–H groups in total. The molecule has 2 aliphatic rings. The number of benzene rings is 2. The summed E-state index contributed by atoms with van der Waals surface area (Å²) in [5, 5.41) is 22.9. The fraction of sp³-hybridized carbons (Fsp3) is 0.600. The number of nitrogens with zero attached hydrogens (tertiary/aromatic N) is 6. The van der Waals surface area contributed by atoms with Gasteiger partial charge < -0.3 is 30.2 Å². The van der Waals surface area contributed by atoms with Gasteiger partial charge in [0, 0.05) is 26.8 Å². The molecule has 0 spiro atoms. The average Bonchev–Trinajstić information content (AvgIpc) is 1.48. The van der Waals surface area contributed by atoms with Crippen LogP contribution in [0, 0.1) is 5.92 Å². The molecule has 2 aromatic carbocycles. The Bertz CT molecular complexity index is 3030. The Labute approximate surface area is 538 Å². The Morgan fingerprint density at radius 2 is 1.01 bits per heavy atom. The van der Waals surface area contributed by atoms with Gasteiger partial charge in [-0.25, -0.2) is 8.42 Å². The van der Waals surface area contributed by atoms with Crippen LogP contribution in [0.15, 0.2) is 56.3 Å². The first-order chi connectivity index (χ1) is 43.4. The Hall–Kier alpha value is -7.17. The predicted molar refractivity (Wildman–Crippen MR) is 336 cm³/mol. The van der Waals surface area contributed by atoms with Crippen LogP contribution >= 0.6 is 0 Å². The van der Waals surface area contributed by atoms with Crippen LogP contribution in [-0.4, -0.2) is 263 Å². The number of nitrogens with two attached hydrogens (primary N) is 2. The third kappa shape index (κ3) is 39.9. The van der Waals surface area contributed by atoms with Gasteiger partial charge in [0.1, 0.15) is 6.04 Å². The molecule has 0 bridgehead atoms. The molecule has 0 aromatic heterocycles. The molecule has 514 valence electrons. The number of carbonyl (C=O) groups excluding carboxylic acids is 4. The van der Waals surface area contributed by atoms with E-state index in [2.05, 4.69) is 38.7 Å². The molecule has 35 nitrogen and oxygen atoms in total. The van der Waals surface area contributed by atoms with E-state index < -0.39 is 90.0 Å². The quantitative estimate of drug-likeness (QED) is 0.0191. The van der Waals surface area contributed by atoms with Crippen molar-refractivity contribution in [1.29, 1.82) is 0 Å². The summed E-state index contributed by atoms with van der Waals surface area (Å²) in [6, 6.07) is 5.94. The van der Waals surface area contributed by atoms with Crippen LogP contribution in [0.25, 0.3) is 0 Å². The number of aliphatic carboxylic acids is 1. The van der Waals surface area contributed by atoms with Crippen LogP contribution < -0.4 is 35.1 Å². The third-order valence-corrected chi connectivity index (χ3v) is 13.5. The van der Waals surface area contributed by atoms with Crippen molar-refractivity contribution in [3.05, 3.63) is 47.5 Å². The number of aliphatic hydroxyl groups is 2. The zero-order chi connectivity index (χ0) is 70.9. The molecule has 92 heavy (non-hydrogen) atoms. The number of carboxylic acids is 1. The Kier molecular flexibility index (Phi) is 49.7. The van der Waals surface area contributed by atoms with E-state index in [0.29, 0.717) is 62.2 Å². The van der Waals surface area contributed by atoms with E-state index in [1.54, 1.807) is 77.9 Å². The van der Waals surface area contributed by atoms with E-state index >= 15 is 0 Å². The Balaban J connectivity index is -0.00000110. The fourth-order valence-electron chi connectivity index (χ4n) is 6.42. The van der Waals surface area contributed by atoms with E-state index in [-0.39, 0.29) is 85.8 Å². The first kappa shape index (κ1) is 89.0. The van der Waals surface area contributed by atoms with Crippen LogP contribution in [0.4, 0.5) is 0 Å².